The molecule has 2 bridgehead atoms. The number of carbonyl (C=O) groups is 1. The van der Waals surface area contributed by atoms with Gasteiger partial charge in [0.25, 0.3) is 5.91 Å². The molecule has 3 fully saturated rings. The van der Waals surface area contributed by atoms with Crippen LogP contribution in [0, 0.1) is 12.8 Å². The van der Waals surface area contributed by atoms with Crippen LogP contribution in [0.4, 0.5) is 0 Å². The van der Waals surface area contributed by atoms with E-state index in [4.69, 9.17) is 4.74 Å². The Morgan fingerprint density at radius 1 is 1.25 bits per heavy atom. The second kappa shape index (κ2) is 6.57. The van der Waals surface area contributed by atoms with Crippen molar-refractivity contribution in [3.05, 3.63) is 46.8 Å². The molecule has 4 nitrogen and oxygen atoms in total. The fourth-order valence-electron chi connectivity index (χ4n) is 3.63. The quantitative estimate of drug-likeness (QED) is 0.922. The van der Waals surface area contributed by atoms with E-state index in [0.717, 1.165) is 17.4 Å². The first-order chi connectivity index (χ1) is 11.7. The van der Waals surface area contributed by atoms with Gasteiger partial charge in [-0.25, -0.2) is 0 Å². The van der Waals surface area contributed by atoms with Crippen LogP contribution in [0.5, 0.6) is 10.8 Å². The zero-order valence-corrected chi connectivity index (χ0v) is 14.6. The lowest BCUT2D eigenvalue weighted by molar-refractivity contribution is 0.0620. The van der Waals surface area contributed by atoms with Crippen LogP contribution >= 0.6 is 11.3 Å². The second-order valence-corrected chi connectivity index (χ2v) is 7.66. The van der Waals surface area contributed by atoms with Crippen molar-refractivity contribution in [3.8, 4) is 10.8 Å². The highest BCUT2D eigenvalue weighted by Crippen LogP contribution is 2.29. The molecule has 5 rings (SSSR count). The highest BCUT2D eigenvalue weighted by atomic mass is 32.1. The highest BCUT2D eigenvalue weighted by molar-refractivity contribution is 7.12. The maximum absolute atomic E-state index is 12.5. The smallest absolute Gasteiger partial charge is 0.251 e. The number of hydrogen-bond donors (Lipinski definition) is 1. The van der Waals surface area contributed by atoms with Crippen LogP contribution in [-0.4, -0.2) is 36.5 Å². The Morgan fingerprint density at radius 3 is 2.58 bits per heavy atom. The molecule has 1 amide bonds. The number of ether oxygens (including phenoxy) is 1. The van der Waals surface area contributed by atoms with Crippen molar-refractivity contribution in [1.82, 2.24) is 10.2 Å². The summed E-state index contributed by atoms with van der Waals surface area (Å²) in [6.07, 6.45) is 2.41. The molecule has 1 atom stereocenters. The molecule has 1 unspecified atom stereocenters. The Labute approximate surface area is 146 Å². The zero-order chi connectivity index (χ0) is 16.5. The average molecular weight is 342 g/mol. The molecule has 3 aliphatic rings. The van der Waals surface area contributed by atoms with E-state index >= 15 is 0 Å². The first kappa shape index (κ1) is 15.7. The van der Waals surface area contributed by atoms with Crippen molar-refractivity contribution in [1.29, 1.82) is 0 Å². The molecule has 5 heteroatoms. The number of aryl methyl sites for hydroxylation is 1. The van der Waals surface area contributed by atoms with Gasteiger partial charge in [0.2, 0.25) is 0 Å². The number of nitrogens with one attached hydrogen (secondary N) is 1. The number of fused-ring (bicyclic) bond motifs is 3. The van der Waals surface area contributed by atoms with E-state index in [2.05, 4.69) is 15.6 Å². The molecular formula is C19H22N2O2S. The summed E-state index contributed by atoms with van der Waals surface area (Å²) in [5.41, 5.74) is 1.89. The summed E-state index contributed by atoms with van der Waals surface area (Å²) in [5, 5.41) is 6.15. The van der Waals surface area contributed by atoms with E-state index in [1.807, 2.05) is 37.3 Å². The summed E-state index contributed by atoms with van der Waals surface area (Å²) < 4.78 is 5.80. The zero-order valence-electron chi connectivity index (χ0n) is 13.8. The van der Waals surface area contributed by atoms with Gasteiger partial charge in [-0.2, -0.15) is 0 Å². The number of nitrogens with zero attached hydrogens (tertiary/aromatic N) is 1. The second-order valence-electron chi connectivity index (χ2n) is 6.79. The molecule has 4 heterocycles. The minimum absolute atomic E-state index is 0.0206. The van der Waals surface area contributed by atoms with Gasteiger partial charge in [0.05, 0.1) is 0 Å². The molecule has 24 heavy (non-hydrogen) atoms. The Morgan fingerprint density at radius 2 is 2.00 bits per heavy atom. The van der Waals surface area contributed by atoms with Crippen LogP contribution in [0.1, 0.15) is 28.8 Å². The fraction of sp³-hybridized carbons (Fsp3) is 0.421. The minimum atomic E-state index is 0.0206. The molecule has 3 aliphatic heterocycles. The molecule has 3 saturated heterocycles. The fourth-order valence-corrected chi connectivity index (χ4v) is 4.40. The molecule has 2 aromatic rings. The number of amides is 1. The van der Waals surface area contributed by atoms with Crippen molar-refractivity contribution >= 4 is 17.2 Å². The van der Waals surface area contributed by atoms with Crippen LogP contribution in [0.2, 0.25) is 0 Å². The van der Waals surface area contributed by atoms with Gasteiger partial charge in [0.15, 0.2) is 5.06 Å². The molecule has 1 aromatic carbocycles. The standard InChI is InChI=1S/C19H22N2O2S/c1-13-10-18(24-12-13)23-16-4-2-15(3-5-16)19(22)20-17-11-21-8-6-14(17)7-9-21/h2-5,10,12,14,17H,6-9,11H2,1H3,(H,20,22). The monoisotopic (exact) mass is 342 g/mol. The summed E-state index contributed by atoms with van der Waals surface area (Å²) in [7, 11) is 0. The number of piperidine rings is 3. The highest BCUT2D eigenvalue weighted by Gasteiger charge is 2.34. The van der Waals surface area contributed by atoms with E-state index in [0.29, 0.717) is 17.5 Å². The normalized spacial score (nSPS) is 25.5. The van der Waals surface area contributed by atoms with E-state index in [1.54, 1.807) is 11.3 Å². The van der Waals surface area contributed by atoms with Crippen molar-refractivity contribution in [3.63, 3.8) is 0 Å². The van der Waals surface area contributed by atoms with Gasteiger partial charge >= 0.3 is 0 Å². The predicted molar refractivity (Wildman–Crippen MR) is 96.0 cm³/mol. The predicted octanol–water partition coefficient (Wildman–Crippen LogP) is 3.67. The van der Waals surface area contributed by atoms with Gasteiger partial charge in [0.1, 0.15) is 5.75 Å². The lowest BCUT2D eigenvalue weighted by Gasteiger charge is -2.44. The van der Waals surface area contributed by atoms with E-state index in [-0.39, 0.29) is 5.91 Å². The summed E-state index contributed by atoms with van der Waals surface area (Å²) in [6, 6.07) is 9.71. The van der Waals surface area contributed by atoms with Crippen molar-refractivity contribution in [2.24, 2.45) is 5.92 Å². The SMILES string of the molecule is Cc1csc(Oc2ccc(C(=O)NC3CN4CCC3CC4)cc2)c1. The Kier molecular flexibility index (Phi) is 4.29. The largest absolute Gasteiger partial charge is 0.447 e. The topological polar surface area (TPSA) is 41.6 Å². The van der Waals surface area contributed by atoms with Crippen molar-refractivity contribution < 1.29 is 9.53 Å². The van der Waals surface area contributed by atoms with Crippen LogP contribution in [-0.2, 0) is 0 Å². The van der Waals surface area contributed by atoms with E-state index in [1.165, 1.54) is 31.5 Å². The lowest BCUT2D eigenvalue weighted by Crippen LogP contribution is -2.57. The third kappa shape index (κ3) is 3.32. The molecule has 1 aromatic heterocycles. The maximum Gasteiger partial charge on any atom is 0.251 e. The Balaban J connectivity index is 1.38. The van der Waals surface area contributed by atoms with E-state index < -0.39 is 0 Å². The maximum atomic E-state index is 12.5. The summed E-state index contributed by atoms with van der Waals surface area (Å²) in [4.78, 5) is 14.9. The Hall–Kier alpha value is -1.85. The number of carbonyl (C=O) groups excluding carboxylic acids is 1. The van der Waals surface area contributed by atoms with Crippen LogP contribution in [0.3, 0.4) is 0 Å². The van der Waals surface area contributed by atoms with Gasteiger partial charge < -0.3 is 15.0 Å². The van der Waals surface area contributed by atoms with Crippen molar-refractivity contribution in [2.45, 2.75) is 25.8 Å². The molecule has 126 valence electrons. The first-order valence-electron chi connectivity index (χ1n) is 8.54. The van der Waals surface area contributed by atoms with Crippen LogP contribution < -0.4 is 10.1 Å². The first-order valence-corrected chi connectivity index (χ1v) is 9.41. The van der Waals surface area contributed by atoms with Crippen LogP contribution in [0.25, 0.3) is 0 Å². The number of rotatable bonds is 4. The summed E-state index contributed by atoms with van der Waals surface area (Å²) >= 11 is 1.58. The summed E-state index contributed by atoms with van der Waals surface area (Å²) in [5.74, 6) is 1.42. The molecule has 0 spiro atoms. The van der Waals surface area contributed by atoms with Gasteiger partial charge in [-0.3, -0.25) is 4.79 Å². The number of hydrogen-bond acceptors (Lipinski definition) is 4. The van der Waals surface area contributed by atoms with Gasteiger partial charge in [0, 0.05) is 18.2 Å². The molecule has 0 aliphatic carbocycles. The molecular weight excluding hydrogens is 320 g/mol. The third-order valence-corrected chi connectivity index (χ3v) is 5.94. The third-order valence-electron chi connectivity index (χ3n) is 5.01. The Bertz CT molecular complexity index is 717. The number of thiophene rings is 1. The minimum Gasteiger partial charge on any atom is -0.447 e. The average Bonchev–Trinajstić information content (AvgIpc) is 3.01. The van der Waals surface area contributed by atoms with Gasteiger partial charge in [-0.05, 0) is 80.0 Å². The van der Waals surface area contributed by atoms with Crippen LogP contribution in [0.15, 0.2) is 35.7 Å². The molecule has 0 saturated carbocycles. The van der Waals surface area contributed by atoms with E-state index in [9.17, 15) is 4.79 Å². The molecule has 0 radical (unpaired) electrons. The summed E-state index contributed by atoms with van der Waals surface area (Å²) in [6.45, 7) is 5.41. The lowest BCUT2D eigenvalue weighted by atomic mass is 9.84. The van der Waals surface area contributed by atoms with Gasteiger partial charge in [-0.15, -0.1) is 11.3 Å². The van der Waals surface area contributed by atoms with Crippen molar-refractivity contribution in [2.75, 3.05) is 19.6 Å². The molecule has 1 N–H and O–H groups in total. The number of benzene rings is 1. The van der Waals surface area contributed by atoms with Gasteiger partial charge in [-0.1, -0.05) is 0 Å².